The van der Waals surface area contributed by atoms with Gasteiger partial charge in [0.1, 0.15) is 0 Å². The largest absolute Gasteiger partial charge is 0.464 e. The molecule has 76 valence electrons. The fourth-order valence-electron chi connectivity index (χ4n) is 0.817. The van der Waals surface area contributed by atoms with Crippen molar-refractivity contribution in [3.63, 3.8) is 0 Å². The minimum Gasteiger partial charge on any atom is -0.464 e. The third kappa shape index (κ3) is 2.00. The number of urea groups is 1. The summed E-state index contributed by atoms with van der Waals surface area (Å²) in [6, 6.07) is -0.456. The molecule has 1 aromatic rings. The van der Waals surface area contributed by atoms with Crippen LogP contribution < -0.4 is 10.6 Å². The van der Waals surface area contributed by atoms with E-state index >= 15 is 0 Å². The Morgan fingerprint density at radius 2 is 2.29 bits per heavy atom. The van der Waals surface area contributed by atoms with Gasteiger partial charge in [0.2, 0.25) is 0 Å². The summed E-state index contributed by atoms with van der Waals surface area (Å²) in [7, 11) is 2.70. The minimum absolute atomic E-state index is 0.108. The van der Waals surface area contributed by atoms with Gasteiger partial charge in [-0.05, 0) is 0 Å². The van der Waals surface area contributed by atoms with Gasteiger partial charge in [0.15, 0.2) is 11.5 Å². The van der Waals surface area contributed by atoms with Crippen molar-refractivity contribution in [3.05, 3.63) is 12.0 Å². The molecule has 7 nitrogen and oxygen atoms in total. The van der Waals surface area contributed by atoms with E-state index in [-0.39, 0.29) is 11.5 Å². The van der Waals surface area contributed by atoms with E-state index in [1.54, 1.807) is 0 Å². The third-order valence-corrected chi connectivity index (χ3v) is 1.49. The Morgan fingerprint density at radius 1 is 1.57 bits per heavy atom. The monoisotopic (exact) mass is 198 g/mol. The average molecular weight is 198 g/mol. The van der Waals surface area contributed by atoms with Crippen molar-refractivity contribution in [2.75, 3.05) is 19.5 Å². The summed E-state index contributed by atoms with van der Waals surface area (Å²) in [5.41, 5.74) is 0.108. The number of aromatic nitrogens is 2. The molecular formula is C7H10N4O3. The van der Waals surface area contributed by atoms with Crippen LogP contribution in [0.15, 0.2) is 6.33 Å². The van der Waals surface area contributed by atoms with Crippen molar-refractivity contribution in [2.45, 2.75) is 0 Å². The second kappa shape index (κ2) is 4.26. The molecule has 0 spiro atoms. The Morgan fingerprint density at radius 3 is 2.86 bits per heavy atom. The zero-order chi connectivity index (χ0) is 10.6. The SMILES string of the molecule is CNC(=O)Nc1nc[nH]c1C(=O)OC. The van der Waals surface area contributed by atoms with E-state index in [4.69, 9.17) is 0 Å². The molecule has 1 aromatic heterocycles. The topological polar surface area (TPSA) is 96.1 Å². The molecule has 0 aliphatic heterocycles. The molecular weight excluding hydrogens is 188 g/mol. The Balaban J connectivity index is 2.82. The number of methoxy groups -OCH3 is 1. The lowest BCUT2D eigenvalue weighted by Gasteiger charge is -2.02. The molecule has 14 heavy (non-hydrogen) atoms. The molecule has 0 bridgehead atoms. The lowest BCUT2D eigenvalue weighted by molar-refractivity contribution is 0.0596. The fourth-order valence-corrected chi connectivity index (χ4v) is 0.817. The van der Waals surface area contributed by atoms with Crippen molar-refractivity contribution < 1.29 is 14.3 Å². The standard InChI is InChI=1S/C7H10N4O3/c1-8-7(13)11-5-4(6(12)14-2)9-3-10-5/h3H,1-2H3,(H,9,10)(H2,8,11,13). The average Bonchev–Trinajstić information content (AvgIpc) is 2.64. The van der Waals surface area contributed by atoms with Crippen LogP contribution in [0.2, 0.25) is 0 Å². The second-order valence-electron chi connectivity index (χ2n) is 2.32. The maximum Gasteiger partial charge on any atom is 0.358 e. The summed E-state index contributed by atoms with van der Waals surface area (Å²) in [5, 5.41) is 4.69. The Kier molecular flexibility index (Phi) is 3.05. The van der Waals surface area contributed by atoms with E-state index < -0.39 is 12.0 Å². The second-order valence-corrected chi connectivity index (χ2v) is 2.32. The molecule has 0 aliphatic carbocycles. The number of hydrogen-bond acceptors (Lipinski definition) is 4. The van der Waals surface area contributed by atoms with Crippen molar-refractivity contribution in [3.8, 4) is 0 Å². The van der Waals surface area contributed by atoms with Gasteiger partial charge in [0.25, 0.3) is 0 Å². The van der Waals surface area contributed by atoms with Crippen LogP contribution in [0.3, 0.4) is 0 Å². The normalized spacial score (nSPS) is 9.29. The summed E-state index contributed by atoms with van der Waals surface area (Å²) in [6.45, 7) is 0. The molecule has 2 amide bonds. The van der Waals surface area contributed by atoms with Crippen molar-refractivity contribution in [2.24, 2.45) is 0 Å². The molecule has 0 saturated heterocycles. The smallest absolute Gasteiger partial charge is 0.358 e. The highest BCUT2D eigenvalue weighted by molar-refractivity contribution is 5.97. The summed E-state index contributed by atoms with van der Waals surface area (Å²) in [4.78, 5) is 28.3. The number of esters is 1. The molecule has 0 saturated carbocycles. The number of hydrogen-bond donors (Lipinski definition) is 3. The fraction of sp³-hybridized carbons (Fsp3) is 0.286. The number of nitrogens with zero attached hydrogens (tertiary/aromatic N) is 1. The summed E-state index contributed by atoms with van der Waals surface area (Å²) in [5.74, 6) is -0.454. The Labute approximate surface area is 79.9 Å². The molecule has 0 radical (unpaired) electrons. The van der Waals surface area contributed by atoms with Crippen LogP contribution in [0.5, 0.6) is 0 Å². The van der Waals surface area contributed by atoms with Gasteiger partial charge in [-0.2, -0.15) is 0 Å². The van der Waals surface area contributed by atoms with Crippen LogP contribution in [0.1, 0.15) is 10.5 Å². The zero-order valence-electron chi connectivity index (χ0n) is 7.75. The quantitative estimate of drug-likeness (QED) is 0.580. The number of ether oxygens (including phenoxy) is 1. The molecule has 0 atom stereocenters. The number of H-pyrrole nitrogens is 1. The molecule has 0 unspecified atom stereocenters. The summed E-state index contributed by atoms with van der Waals surface area (Å²) >= 11 is 0. The molecule has 7 heteroatoms. The summed E-state index contributed by atoms with van der Waals surface area (Å²) in [6.07, 6.45) is 1.29. The van der Waals surface area contributed by atoms with Gasteiger partial charge in [0, 0.05) is 7.05 Å². The van der Waals surface area contributed by atoms with E-state index in [1.165, 1.54) is 20.5 Å². The highest BCUT2D eigenvalue weighted by Crippen LogP contribution is 2.09. The van der Waals surface area contributed by atoms with Crippen molar-refractivity contribution in [1.82, 2.24) is 15.3 Å². The zero-order valence-corrected chi connectivity index (χ0v) is 7.75. The minimum atomic E-state index is -0.589. The molecule has 0 aliphatic rings. The van der Waals surface area contributed by atoms with E-state index in [0.717, 1.165) is 0 Å². The molecule has 0 fully saturated rings. The molecule has 3 N–H and O–H groups in total. The number of anilines is 1. The van der Waals surface area contributed by atoms with Gasteiger partial charge in [0.05, 0.1) is 13.4 Å². The Hall–Kier alpha value is -2.05. The van der Waals surface area contributed by atoms with Gasteiger partial charge < -0.3 is 15.0 Å². The maximum atomic E-state index is 11.1. The molecule has 1 heterocycles. The van der Waals surface area contributed by atoms with Gasteiger partial charge >= 0.3 is 12.0 Å². The molecule has 1 rings (SSSR count). The number of rotatable bonds is 2. The highest BCUT2D eigenvalue weighted by Gasteiger charge is 2.15. The van der Waals surface area contributed by atoms with Crippen LogP contribution in [0.4, 0.5) is 10.6 Å². The van der Waals surface area contributed by atoms with E-state index in [1.807, 2.05) is 0 Å². The first-order valence-electron chi connectivity index (χ1n) is 3.79. The predicted molar refractivity (Wildman–Crippen MR) is 48.0 cm³/mol. The maximum absolute atomic E-state index is 11.1. The number of carbonyl (C=O) groups is 2. The number of aromatic amines is 1. The third-order valence-electron chi connectivity index (χ3n) is 1.49. The van der Waals surface area contributed by atoms with Crippen molar-refractivity contribution in [1.29, 1.82) is 0 Å². The first-order valence-corrected chi connectivity index (χ1v) is 3.79. The highest BCUT2D eigenvalue weighted by atomic mass is 16.5. The van der Waals surface area contributed by atoms with Gasteiger partial charge in [-0.1, -0.05) is 0 Å². The van der Waals surface area contributed by atoms with E-state index in [2.05, 4.69) is 25.3 Å². The predicted octanol–water partition coefficient (Wildman–Crippen LogP) is -0.0524. The van der Waals surface area contributed by atoms with Crippen LogP contribution >= 0.6 is 0 Å². The lowest BCUT2D eigenvalue weighted by atomic mass is 10.4. The van der Waals surface area contributed by atoms with Crippen LogP contribution in [-0.4, -0.2) is 36.1 Å². The lowest BCUT2D eigenvalue weighted by Crippen LogP contribution is -2.25. The van der Waals surface area contributed by atoms with Crippen LogP contribution in [-0.2, 0) is 4.74 Å². The number of carbonyl (C=O) groups excluding carboxylic acids is 2. The van der Waals surface area contributed by atoms with Gasteiger partial charge in [-0.3, -0.25) is 5.32 Å². The van der Waals surface area contributed by atoms with Crippen LogP contribution in [0, 0.1) is 0 Å². The van der Waals surface area contributed by atoms with Crippen molar-refractivity contribution >= 4 is 17.8 Å². The van der Waals surface area contributed by atoms with E-state index in [9.17, 15) is 9.59 Å². The van der Waals surface area contributed by atoms with Crippen LogP contribution in [0.25, 0.3) is 0 Å². The molecule has 0 aromatic carbocycles. The number of nitrogens with one attached hydrogen (secondary N) is 3. The van der Waals surface area contributed by atoms with Gasteiger partial charge in [-0.25, -0.2) is 14.6 Å². The first-order chi connectivity index (χ1) is 6.69. The number of imidazole rings is 1. The van der Waals surface area contributed by atoms with Gasteiger partial charge in [-0.15, -0.1) is 0 Å². The summed E-state index contributed by atoms with van der Waals surface area (Å²) < 4.78 is 4.47. The Bertz CT molecular complexity index is 346. The first kappa shape index (κ1) is 10.0. The van der Waals surface area contributed by atoms with E-state index in [0.29, 0.717) is 0 Å². The number of amides is 2.